The average molecular weight is 322 g/mol. The van der Waals surface area contributed by atoms with Crippen molar-refractivity contribution in [3.05, 3.63) is 28.5 Å². The molecule has 1 aromatic heterocycles. The van der Waals surface area contributed by atoms with Gasteiger partial charge in [-0.15, -0.1) is 11.3 Å². The van der Waals surface area contributed by atoms with Crippen LogP contribution in [-0.4, -0.2) is 41.9 Å². The zero-order valence-corrected chi connectivity index (χ0v) is 12.9. The predicted molar refractivity (Wildman–Crippen MR) is 82.9 cm³/mol. The van der Waals surface area contributed by atoms with Gasteiger partial charge in [-0.3, -0.25) is 9.59 Å². The van der Waals surface area contributed by atoms with E-state index in [9.17, 15) is 14.4 Å². The van der Waals surface area contributed by atoms with Gasteiger partial charge in [-0.2, -0.15) is 0 Å². The maximum atomic E-state index is 12.1. The summed E-state index contributed by atoms with van der Waals surface area (Å²) in [5.74, 6) is -1.49. The Hall–Kier alpha value is -2.15. The second kappa shape index (κ2) is 7.74. The fraction of sp³-hybridized carbons (Fsp3) is 0.400. The van der Waals surface area contributed by atoms with E-state index in [-0.39, 0.29) is 12.5 Å². The van der Waals surface area contributed by atoms with Crippen LogP contribution in [-0.2, 0) is 19.1 Å². The molecule has 6 nitrogen and oxygen atoms in total. The Bertz CT molecular complexity index is 568. The van der Waals surface area contributed by atoms with Gasteiger partial charge in [0.2, 0.25) is 5.91 Å². The summed E-state index contributed by atoms with van der Waals surface area (Å²) in [6.07, 6.45) is 5.15. The van der Waals surface area contributed by atoms with Crippen molar-refractivity contribution in [2.24, 2.45) is 5.73 Å². The number of ether oxygens (including phenoxy) is 1. The van der Waals surface area contributed by atoms with Crippen LogP contribution in [0.4, 0.5) is 0 Å². The summed E-state index contributed by atoms with van der Waals surface area (Å²) in [5, 5.41) is 1.90. The van der Waals surface area contributed by atoms with E-state index in [1.165, 1.54) is 22.3 Å². The predicted octanol–water partition coefficient (Wildman–Crippen LogP) is 1.17. The number of nitrogens with zero attached hydrogens (tertiary/aromatic N) is 1. The Morgan fingerprint density at radius 3 is 2.91 bits per heavy atom. The molecule has 1 saturated heterocycles. The molecule has 0 radical (unpaired) electrons. The van der Waals surface area contributed by atoms with Crippen LogP contribution in [0.5, 0.6) is 0 Å². The van der Waals surface area contributed by atoms with Crippen molar-refractivity contribution in [2.75, 3.05) is 13.2 Å². The lowest BCUT2D eigenvalue weighted by Gasteiger charge is -2.33. The van der Waals surface area contributed by atoms with Gasteiger partial charge in [-0.1, -0.05) is 6.07 Å². The van der Waals surface area contributed by atoms with Crippen LogP contribution < -0.4 is 5.73 Å². The Kier molecular flexibility index (Phi) is 5.71. The first kappa shape index (κ1) is 16.2. The van der Waals surface area contributed by atoms with E-state index in [2.05, 4.69) is 0 Å². The van der Waals surface area contributed by atoms with Gasteiger partial charge in [0.1, 0.15) is 6.04 Å². The van der Waals surface area contributed by atoms with Crippen LogP contribution in [0.2, 0.25) is 0 Å². The molecule has 1 aliphatic heterocycles. The molecule has 2 rings (SSSR count). The molecule has 1 aliphatic rings. The highest BCUT2D eigenvalue weighted by Gasteiger charge is 2.30. The average Bonchev–Trinajstić information content (AvgIpc) is 3.04. The summed E-state index contributed by atoms with van der Waals surface area (Å²) in [6, 6.07) is 3.14. The lowest BCUT2D eigenvalue weighted by molar-refractivity contribution is -0.151. The van der Waals surface area contributed by atoms with Crippen LogP contribution in [0.3, 0.4) is 0 Å². The standard InChI is InChI=1S/C15H18N2O4S/c16-15(20)12-5-1-2-8-17(12)13(18)10-21-14(19)7-6-11-4-3-9-22-11/h3-4,6-7,9,12H,1-2,5,8,10H2,(H2,16,20)/b7-6+/t12-/m0/s1. The number of rotatable bonds is 5. The number of hydrogen-bond acceptors (Lipinski definition) is 5. The van der Waals surface area contributed by atoms with Crippen molar-refractivity contribution in [3.63, 3.8) is 0 Å². The first-order valence-corrected chi connectivity index (χ1v) is 7.93. The van der Waals surface area contributed by atoms with Crippen molar-refractivity contribution in [2.45, 2.75) is 25.3 Å². The van der Waals surface area contributed by atoms with Gasteiger partial charge in [0, 0.05) is 17.5 Å². The third kappa shape index (κ3) is 4.42. The van der Waals surface area contributed by atoms with Gasteiger partial charge in [-0.25, -0.2) is 4.79 Å². The number of hydrogen-bond donors (Lipinski definition) is 1. The first-order chi connectivity index (χ1) is 10.6. The Morgan fingerprint density at radius 2 is 2.23 bits per heavy atom. The van der Waals surface area contributed by atoms with Gasteiger partial charge >= 0.3 is 5.97 Å². The second-order valence-electron chi connectivity index (χ2n) is 4.96. The number of amides is 2. The number of primary amides is 1. The van der Waals surface area contributed by atoms with Crippen molar-refractivity contribution in [1.29, 1.82) is 0 Å². The number of carbonyl (C=O) groups is 3. The van der Waals surface area contributed by atoms with Gasteiger partial charge in [0.05, 0.1) is 0 Å². The molecule has 0 spiro atoms. The zero-order valence-electron chi connectivity index (χ0n) is 12.1. The number of piperidine rings is 1. The number of esters is 1. The summed E-state index contributed by atoms with van der Waals surface area (Å²) in [6.45, 7) is 0.0897. The van der Waals surface area contributed by atoms with Crippen molar-refractivity contribution >= 4 is 35.2 Å². The van der Waals surface area contributed by atoms with E-state index in [0.29, 0.717) is 13.0 Å². The Labute approximate surface area is 132 Å². The molecule has 2 N–H and O–H groups in total. The lowest BCUT2D eigenvalue weighted by Crippen LogP contribution is -2.51. The normalized spacial score (nSPS) is 18.4. The maximum absolute atomic E-state index is 12.1. The molecule has 0 bridgehead atoms. The van der Waals surface area contributed by atoms with Gasteiger partial charge < -0.3 is 15.4 Å². The van der Waals surface area contributed by atoms with E-state index < -0.39 is 17.9 Å². The quantitative estimate of drug-likeness (QED) is 0.651. The highest BCUT2D eigenvalue weighted by molar-refractivity contribution is 7.10. The monoisotopic (exact) mass is 322 g/mol. The van der Waals surface area contributed by atoms with Crippen molar-refractivity contribution in [3.8, 4) is 0 Å². The third-order valence-corrected chi connectivity index (χ3v) is 4.25. The summed E-state index contributed by atoms with van der Waals surface area (Å²) >= 11 is 1.49. The smallest absolute Gasteiger partial charge is 0.331 e. The fourth-order valence-electron chi connectivity index (χ4n) is 2.33. The van der Waals surface area contributed by atoms with E-state index in [1.54, 1.807) is 6.08 Å². The lowest BCUT2D eigenvalue weighted by atomic mass is 10.0. The molecular formula is C15H18N2O4S. The Balaban J connectivity index is 1.83. The molecule has 1 fully saturated rings. The zero-order chi connectivity index (χ0) is 15.9. The van der Waals surface area contributed by atoms with Crippen molar-refractivity contribution in [1.82, 2.24) is 4.90 Å². The van der Waals surface area contributed by atoms with E-state index in [0.717, 1.165) is 17.7 Å². The summed E-state index contributed by atoms with van der Waals surface area (Å²) in [7, 11) is 0. The van der Waals surface area contributed by atoms with Gasteiger partial charge in [-0.05, 0) is 36.8 Å². The molecule has 2 amide bonds. The second-order valence-corrected chi connectivity index (χ2v) is 5.94. The minimum atomic E-state index is -0.596. The largest absolute Gasteiger partial charge is 0.452 e. The molecule has 1 aromatic rings. The molecule has 0 aromatic carbocycles. The van der Waals surface area contributed by atoms with Crippen LogP contribution in [0.15, 0.2) is 23.6 Å². The first-order valence-electron chi connectivity index (χ1n) is 7.05. The number of nitrogens with two attached hydrogens (primary N) is 1. The maximum Gasteiger partial charge on any atom is 0.331 e. The highest BCUT2D eigenvalue weighted by Crippen LogP contribution is 2.17. The number of thiophene rings is 1. The highest BCUT2D eigenvalue weighted by atomic mass is 32.1. The van der Waals surface area contributed by atoms with E-state index >= 15 is 0 Å². The minimum Gasteiger partial charge on any atom is -0.452 e. The van der Waals surface area contributed by atoms with Crippen LogP contribution in [0, 0.1) is 0 Å². The topological polar surface area (TPSA) is 89.7 Å². The van der Waals surface area contributed by atoms with Crippen LogP contribution in [0.1, 0.15) is 24.1 Å². The van der Waals surface area contributed by atoms with Crippen LogP contribution >= 0.6 is 11.3 Å². The summed E-state index contributed by atoms with van der Waals surface area (Å²) in [4.78, 5) is 37.3. The molecule has 0 aliphatic carbocycles. The molecule has 7 heteroatoms. The molecule has 22 heavy (non-hydrogen) atoms. The fourth-order valence-corrected chi connectivity index (χ4v) is 2.94. The van der Waals surface area contributed by atoms with Gasteiger partial charge in [0.25, 0.3) is 5.91 Å². The summed E-state index contributed by atoms with van der Waals surface area (Å²) < 4.78 is 4.92. The van der Waals surface area contributed by atoms with Gasteiger partial charge in [0.15, 0.2) is 6.61 Å². The number of carbonyl (C=O) groups excluding carboxylic acids is 3. The van der Waals surface area contributed by atoms with Crippen molar-refractivity contribution < 1.29 is 19.1 Å². The summed E-state index contributed by atoms with van der Waals surface area (Å²) in [5.41, 5.74) is 5.30. The molecule has 118 valence electrons. The third-order valence-electron chi connectivity index (χ3n) is 3.42. The molecule has 0 unspecified atom stereocenters. The number of likely N-dealkylation sites (tertiary alicyclic amines) is 1. The van der Waals surface area contributed by atoms with E-state index in [1.807, 2.05) is 17.5 Å². The molecule has 0 saturated carbocycles. The Morgan fingerprint density at radius 1 is 1.41 bits per heavy atom. The minimum absolute atomic E-state index is 0.378. The molecule has 1 atom stereocenters. The SMILES string of the molecule is NC(=O)[C@@H]1CCCCN1C(=O)COC(=O)/C=C/c1cccs1. The van der Waals surface area contributed by atoms with E-state index in [4.69, 9.17) is 10.5 Å². The van der Waals surface area contributed by atoms with Crippen LogP contribution in [0.25, 0.3) is 6.08 Å². The molecule has 2 heterocycles. The molecular weight excluding hydrogens is 304 g/mol.